The van der Waals surface area contributed by atoms with Crippen LogP contribution in [0, 0.1) is 12.7 Å². The minimum atomic E-state index is -0.411. The van der Waals surface area contributed by atoms with Crippen LogP contribution in [0.15, 0.2) is 71.8 Å². The van der Waals surface area contributed by atoms with E-state index in [4.69, 9.17) is 16.3 Å². The summed E-state index contributed by atoms with van der Waals surface area (Å²) in [4.78, 5) is 12.2. The van der Waals surface area contributed by atoms with E-state index in [1.54, 1.807) is 54.6 Å². The number of nitrogens with one attached hydrogen (secondary N) is 1. The number of halogens is 2. The predicted octanol–water partition coefficient (Wildman–Crippen LogP) is 5.13. The molecule has 3 aromatic carbocycles. The molecule has 1 N–H and O–H groups in total. The first-order valence-corrected chi connectivity index (χ1v) is 8.97. The predicted molar refractivity (Wildman–Crippen MR) is 108 cm³/mol. The molecule has 0 saturated carbocycles. The van der Waals surface area contributed by atoms with Crippen molar-refractivity contribution in [2.24, 2.45) is 5.10 Å². The van der Waals surface area contributed by atoms with E-state index >= 15 is 0 Å². The average Bonchev–Trinajstić information content (AvgIpc) is 2.68. The number of carbonyl (C=O) groups is 1. The van der Waals surface area contributed by atoms with Crippen LogP contribution >= 0.6 is 11.6 Å². The summed E-state index contributed by atoms with van der Waals surface area (Å²) in [5, 5.41) is 4.34. The van der Waals surface area contributed by atoms with Crippen LogP contribution in [-0.4, -0.2) is 12.1 Å². The standard InChI is InChI=1S/C22H18ClFN2O2/c1-15-10-11-18(19(23)12-15)22(27)26-25-13-16-6-3-5-9-21(16)28-14-17-7-2-4-8-20(17)24/h2-13H,14H2,1H3,(H,26,27)/b25-13-. The molecule has 0 aromatic heterocycles. The number of para-hydroxylation sites is 1. The van der Waals surface area contributed by atoms with Gasteiger partial charge in [-0.25, -0.2) is 9.82 Å². The van der Waals surface area contributed by atoms with E-state index in [-0.39, 0.29) is 12.4 Å². The number of amides is 1. The Hall–Kier alpha value is -3.18. The summed E-state index contributed by atoms with van der Waals surface area (Å²) in [6, 6.07) is 18.7. The number of rotatable bonds is 6. The van der Waals surface area contributed by atoms with Gasteiger partial charge in [0.2, 0.25) is 0 Å². The van der Waals surface area contributed by atoms with Crippen LogP contribution in [-0.2, 0) is 6.61 Å². The molecule has 0 radical (unpaired) electrons. The molecule has 0 unspecified atom stereocenters. The van der Waals surface area contributed by atoms with Crippen molar-refractivity contribution < 1.29 is 13.9 Å². The van der Waals surface area contributed by atoms with E-state index in [1.807, 2.05) is 13.0 Å². The van der Waals surface area contributed by atoms with Gasteiger partial charge >= 0.3 is 0 Å². The lowest BCUT2D eigenvalue weighted by Crippen LogP contribution is -2.18. The summed E-state index contributed by atoms with van der Waals surface area (Å²) in [5.41, 5.74) is 4.86. The fourth-order valence-electron chi connectivity index (χ4n) is 2.51. The van der Waals surface area contributed by atoms with E-state index in [0.717, 1.165) is 5.56 Å². The van der Waals surface area contributed by atoms with Crippen molar-refractivity contribution in [3.05, 3.63) is 99.8 Å². The van der Waals surface area contributed by atoms with Crippen LogP contribution in [0.3, 0.4) is 0 Å². The smallest absolute Gasteiger partial charge is 0.272 e. The van der Waals surface area contributed by atoms with Crippen molar-refractivity contribution >= 4 is 23.7 Å². The summed E-state index contributed by atoms with van der Waals surface area (Å²) in [5.74, 6) is -0.209. The maximum absolute atomic E-state index is 13.7. The molecular weight excluding hydrogens is 379 g/mol. The Kier molecular flexibility index (Phi) is 6.40. The lowest BCUT2D eigenvalue weighted by molar-refractivity contribution is 0.0955. The Balaban J connectivity index is 1.67. The van der Waals surface area contributed by atoms with Gasteiger partial charge in [0.1, 0.15) is 18.2 Å². The van der Waals surface area contributed by atoms with E-state index in [9.17, 15) is 9.18 Å². The summed E-state index contributed by atoms with van der Waals surface area (Å²) < 4.78 is 19.5. The van der Waals surface area contributed by atoms with Crippen molar-refractivity contribution in [3.8, 4) is 5.75 Å². The van der Waals surface area contributed by atoms with E-state index in [1.165, 1.54) is 12.3 Å². The number of hydrazone groups is 1. The number of hydrogen-bond donors (Lipinski definition) is 1. The Morgan fingerprint density at radius 1 is 1.14 bits per heavy atom. The van der Waals surface area contributed by atoms with Crippen molar-refractivity contribution in [2.45, 2.75) is 13.5 Å². The lowest BCUT2D eigenvalue weighted by atomic mass is 10.1. The Labute approximate surface area is 167 Å². The minimum absolute atomic E-state index is 0.0862. The quantitative estimate of drug-likeness (QED) is 0.464. The van der Waals surface area contributed by atoms with Gasteiger partial charge in [-0.2, -0.15) is 5.10 Å². The van der Waals surface area contributed by atoms with Crippen molar-refractivity contribution in [1.29, 1.82) is 0 Å². The first-order valence-electron chi connectivity index (χ1n) is 8.59. The van der Waals surface area contributed by atoms with Crippen molar-refractivity contribution in [2.75, 3.05) is 0 Å². The summed E-state index contributed by atoms with van der Waals surface area (Å²) in [6.07, 6.45) is 1.47. The zero-order chi connectivity index (χ0) is 19.9. The van der Waals surface area contributed by atoms with Gasteiger partial charge in [-0.05, 0) is 42.8 Å². The van der Waals surface area contributed by atoms with Gasteiger partial charge in [-0.1, -0.05) is 48.0 Å². The van der Waals surface area contributed by atoms with Crippen LogP contribution in [0.1, 0.15) is 27.0 Å². The van der Waals surface area contributed by atoms with Crippen LogP contribution in [0.5, 0.6) is 5.75 Å². The van der Waals surface area contributed by atoms with Gasteiger partial charge in [0.05, 0.1) is 16.8 Å². The fourth-order valence-corrected chi connectivity index (χ4v) is 2.84. The normalized spacial score (nSPS) is 10.8. The zero-order valence-corrected chi connectivity index (χ0v) is 15.9. The van der Waals surface area contributed by atoms with Crippen LogP contribution in [0.4, 0.5) is 4.39 Å². The first kappa shape index (κ1) is 19.6. The van der Waals surface area contributed by atoms with E-state index in [2.05, 4.69) is 10.5 Å². The third-order valence-electron chi connectivity index (χ3n) is 4.00. The third kappa shape index (κ3) is 4.96. The second-order valence-electron chi connectivity index (χ2n) is 6.10. The van der Waals surface area contributed by atoms with Gasteiger partial charge in [0.25, 0.3) is 5.91 Å². The Morgan fingerprint density at radius 3 is 2.68 bits per heavy atom. The molecule has 3 rings (SSSR count). The highest BCUT2D eigenvalue weighted by atomic mass is 35.5. The molecule has 0 aliphatic heterocycles. The summed E-state index contributed by atoms with van der Waals surface area (Å²) in [6.45, 7) is 1.98. The highest BCUT2D eigenvalue weighted by Crippen LogP contribution is 2.19. The molecule has 0 aliphatic rings. The highest BCUT2D eigenvalue weighted by molar-refractivity contribution is 6.33. The molecule has 0 heterocycles. The van der Waals surface area contributed by atoms with Gasteiger partial charge < -0.3 is 4.74 Å². The molecular formula is C22H18ClFN2O2. The molecule has 142 valence electrons. The largest absolute Gasteiger partial charge is 0.488 e. The van der Waals surface area contributed by atoms with Crippen molar-refractivity contribution in [1.82, 2.24) is 5.43 Å². The summed E-state index contributed by atoms with van der Waals surface area (Å²) >= 11 is 6.09. The maximum atomic E-state index is 13.7. The zero-order valence-electron chi connectivity index (χ0n) is 15.2. The number of benzene rings is 3. The highest BCUT2D eigenvalue weighted by Gasteiger charge is 2.09. The second kappa shape index (κ2) is 9.15. The van der Waals surface area contributed by atoms with E-state index in [0.29, 0.717) is 27.5 Å². The maximum Gasteiger partial charge on any atom is 0.272 e. The topological polar surface area (TPSA) is 50.7 Å². The molecule has 0 spiro atoms. The van der Waals surface area contributed by atoms with Crippen LogP contribution in [0.2, 0.25) is 5.02 Å². The van der Waals surface area contributed by atoms with Gasteiger partial charge in [-0.3, -0.25) is 4.79 Å². The molecule has 6 heteroatoms. The first-order chi connectivity index (χ1) is 13.5. The number of hydrogen-bond acceptors (Lipinski definition) is 3. The van der Waals surface area contributed by atoms with E-state index < -0.39 is 5.91 Å². The molecule has 0 saturated heterocycles. The Bertz CT molecular complexity index is 1020. The average molecular weight is 397 g/mol. The molecule has 4 nitrogen and oxygen atoms in total. The lowest BCUT2D eigenvalue weighted by Gasteiger charge is -2.09. The molecule has 0 atom stereocenters. The molecule has 1 amide bonds. The minimum Gasteiger partial charge on any atom is -0.488 e. The number of aryl methyl sites for hydroxylation is 1. The van der Waals surface area contributed by atoms with Gasteiger partial charge in [-0.15, -0.1) is 0 Å². The summed E-state index contributed by atoms with van der Waals surface area (Å²) in [7, 11) is 0. The van der Waals surface area contributed by atoms with Crippen molar-refractivity contribution in [3.63, 3.8) is 0 Å². The van der Waals surface area contributed by atoms with Crippen LogP contribution < -0.4 is 10.2 Å². The fraction of sp³-hybridized carbons (Fsp3) is 0.0909. The SMILES string of the molecule is Cc1ccc(C(=O)N/N=C\c2ccccc2OCc2ccccc2F)c(Cl)c1. The third-order valence-corrected chi connectivity index (χ3v) is 4.31. The molecule has 0 bridgehead atoms. The van der Waals surface area contributed by atoms with Gasteiger partial charge in [0, 0.05) is 11.1 Å². The Morgan fingerprint density at radius 2 is 1.89 bits per heavy atom. The van der Waals surface area contributed by atoms with Gasteiger partial charge in [0.15, 0.2) is 0 Å². The molecule has 3 aromatic rings. The monoisotopic (exact) mass is 396 g/mol. The number of nitrogens with zero attached hydrogens (tertiary/aromatic N) is 1. The molecule has 0 fully saturated rings. The second-order valence-corrected chi connectivity index (χ2v) is 6.51. The number of carbonyl (C=O) groups excluding carboxylic acids is 1. The molecule has 28 heavy (non-hydrogen) atoms. The molecule has 0 aliphatic carbocycles. The number of ether oxygens (including phenoxy) is 1. The van der Waals surface area contributed by atoms with Crippen LogP contribution in [0.25, 0.3) is 0 Å².